The predicted molar refractivity (Wildman–Crippen MR) is 214 cm³/mol. The van der Waals surface area contributed by atoms with Crippen molar-refractivity contribution < 1.29 is 4.74 Å². The third-order valence-corrected chi connectivity index (χ3v) is 10.7. The Morgan fingerprint density at radius 2 is 0.962 bits per heavy atom. The van der Waals surface area contributed by atoms with E-state index in [0.29, 0.717) is 0 Å². The highest BCUT2D eigenvalue weighted by atomic mass is 16.5. The van der Waals surface area contributed by atoms with Crippen LogP contribution < -0.4 is 4.74 Å². The van der Waals surface area contributed by atoms with Crippen LogP contribution in [-0.2, 0) is 5.41 Å². The molecule has 2 aliphatic heterocycles. The lowest BCUT2D eigenvalue weighted by Gasteiger charge is -2.39. The van der Waals surface area contributed by atoms with E-state index < -0.39 is 5.41 Å². The van der Waals surface area contributed by atoms with Gasteiger partial charge in [-0.1, -0.05) is 170 Å². The van der Waals surface area contributed by atoms with Gasteiger partial charge in [-0.25, -0.2) is 4.99 Å². The fourth-order valence-electron chi connectivity index (χ4n) is 8.43. The van der Waals surface area contributed by atoms with Crippen LogP contribution in [0.3, 0.4) is 0 Å². The standard InChI is InChI=1S/C50H33NO/c1-33-30-46(35-18-6-3-7-19-35)51-47(32-41(33)34-16-4-2-5-17-34)40-23-9-8-20-37(40)36-28-29-45-49(31-36)52-48-27-15-14-26-44(48)50(45)42-24-12-10-21-38(42)39-22-11-13-25-43(39)50/h2-32H,1H2. The van der Waals surface area contributed by atoms with E-state index in [1.165, 1.54) is 27.8 Å². The van der Waals surface area contributed by atoms with E-state index in [1.807, 2.05) is 12.1 Å². The lowest BCUT2D eigenvalue weighted by Crippen LogP contribution is -2.32. The first-order valence-electron chi connectivity index (χ1n) is 17.7. The van der Waals surface area contributed by atoms with Crippen LogP contribution in [0.15, 0.2) is 205 Å². The summed E-state index contributed by atoms with van der Waals surface area (Å²) in [7, 11) is 0. The number of rotatable bonds is 4. The maximum absolute atomic E-state index is 6.86. The summed E-state index contributed by atoms with van der Waals surface area (Å²) in [5.74, 6) is 1.74. The van der Waals surface area contributed by atoms with E-state index in [1.54, 1.807) is 0 Å². The van der Waals surface area contributed by atoms with Gasteiger partial charge in [0.2, 0.25) is 0 Å². The zero-order chi connectivity index (χ0) is 34.6. The van der Waals surface area contributed by atoms with Gasteiger partial charge >= 0.3 is 0 Å². The zero-order valence-corrected chi connectivity index (χ0v) is 28.5. The molecule has 2 nitrogen and oxygen atoms in total. The number of para-hydroxylation sites is 1. The van der Waals surface area contributed by atoms with Crippen LogP contribution >= 0.6 is 0 Å². The van der Waals surface area contributed by atoms with Gasteiger partial charge in [-0.05, 0) is 74.4 Å². The predicted octanol–water partition coefficient (Wildman–Crippen LogP) is 12.3. The molecule has 2 heteroatoms. The van der Waals surface area contributed by atoms with Gasteiger partial charge in [-0.15, -0.1) is 0 Å². The van der Waals surface area contributed by atoms with Crippen LogP contribution in [0, 0.1) is 0 Å². The van der Waals surface area contributed by atoms with Gasteiger partial charge in [0.25, 0.3) is 0 Å². The number of fused-ring (bicyclic) bond motifs is 9. The van der Waals surface area contributed by atoms with E-state index in [4.69, 9.17) is 9.73 Å². The van der Waals surface area contributed by atoms with Crippen LogP contribution in [0.5, 0.6) is 11.5 Å². The first-order valence-corrected chi connectivity index (χ1v) is 17.7. The third kappa shape index (κ3) is 4.55. The highest BCUT2D eigenvalue weighted by molar-refractivity contribution is 6.19. The Balaban J connectivity index is 1.17. The lowest BCUT2D eigenvalue weighted by atomic mass is 9.66. The molecule has 0 unspecified atom stereocenters. The Kier molecular flexibility index (Phi) is 6.90. The molecule has 0 fully saturated rings. The summed E-state index contributed by atoms with van der Waals surface area (Å²) in [5.41, 5.74) is 16.0. The monoisotopic (exact) mass is 663 g/mol. The van der Waals surface area contributed by atoms with Crippen molar-refractivity contribution in [1.82, 2.24) is 0 Å². The topological polar surface area (TPSA) is 21.6 Å². The molecule has 0 amide bonds. The fourth-order valence-corrected chi connectivity index (χ4v) is 8.43. The summed E-state index contributed by atoms with van der Waals surface area (Å²) in [6.07, 6.45) is 4.29. The van der Waals surface area contributed by atoms with Gasteiger partial charge < -0.3 is 4.74 Å². The van der Waals surface area contributed by atoms with Gasteiger partial charge in [0.15, 0.2) is 0 Å². The molecule has 0 N–H and O–H groups in total. The number of allylic oxidation sites excluding steroid dienone is 4. The quantitative estimate of drug-likeness (QED) is 0.184. The summed E-state index contributed by atoms with van der Waals surface area (Å²) in [6, 6.07) is 62.3. The van der Waals surface area contributed by atoms with Gasteiger partial charge in [0, 0.05) is 22.3 Å². The van der Waals surface area contributed by atoms with Crippen molar-refractivity contribution in [2.75, 3.05) is 0 Å². The van der Waals surface area contributed by atoms with Crippen LogP contribution in [0.1, 0.15) is 38.9 Å². The van der Waals surface area contributed by atoms with E-state index in [-0.39, 0.29) is 0 Å². The average molecular weight is 664 g/mol. The Labute approximate surface area is 304 Å². The molecular formula is C50H33NO. The Morgan fingerprint density at radius 1 is 0.423 bits per heavy atom. The summed E-state index contributed by atoms with van der Waals surface area (Å²) >= 11 is 0. The van der Waals surface area contributed by atoms with E-state index in [2.05, 4.69) is 183 Å². The molecule has 3 aliphatic rings. The SMILES string of the molecule is C=C1C=C(c2ccccc2)N=C(c2ccccc2-c2ccc3c(c2)Oc2ccccc2C32c3ccccc3-c3ccccc32)C=C1c1ccccc1. The van der Waals surface area contributed by atoms with Crippen molar-refractivity contribution in [3.63, 3.8) is 0 Å². The second-order valence-electron chi connectivity index (χ2n) is 13.5. The highest BCUT2D eigenvalue weighted by Crippen LogP contribution is 2.62. The molecule has 7 aromatic rings. The molecule has 1 aliphatic carbocycles. The van der Waals surface area contributed by atoms with Crippen LogP contribution in [0.25, 0.3) is 33.5 Å². The molecule has 0 bridgehead atoms. The third-order valence-electron chi connectivity index (χ3n) is 10.7. The fraction of sp³-hybridized carbons (Fsp3) is 0.0200. The molecule has 0 atom stereocenters. The molecule has 0 saturated carbocycles. The first-order chi connectivity index (χ1) is 25.7. The summed E-state index contributed by atoms with van der Waals surface area (Å²) in [6.45, 7) is 4.52. The summed E-state index contributed by atoms with van der Waals surface area (Å²) in [5, 5.41) is 0. The number of benzene rings is 7. The maximum atomic E-state index is 6.86. The van der Waals surface area contributed by atoms with Crippen molar-refractivity contribution in [2.45, 2.75) is 5.41 Å². The van der Waals surface area contributed by atoms with Crippen molar-refractivity contribution in [3.05, 3.63) is 239 Å². The molecule has 244 valence electrons. The second-order valence-corrected chi connectivity index (χ2v) is 13.5. The van der Waals surface area contributed by atoms with Crippen molar-refractivity contribution in [1.29, 1.82) is 0 Å². The number of hydrogen-bond donors (Lipinski definition) is 0. The van der Waals surface area contributed by atoms with Gasteiger partial charge in [0.1, 0.15) is 11.5 Å². The minimum absolute atomic E-state index is 0.496. The van der Waals surface area contributed by atoms with Crippen molar-refractivity contribution in [3.8, 4) is 33.8 Å². The van der Waals surface area contributed by atoms with E-state index in [9.17, 15) is 0 Å². The van der Waals surface area contributed by atoms with Gasteiger partial charge in [-0.3, -0.25) is 0 Å². The number of hydrogen-bond acceptors (Lipinski definition) is 2. The van der Waals surface area contributed by atoms with Gasteiger partial charge in [0.05, 0.1) is 16.8 Å². The Bertz CT molecular complexity index is 2610. The van der Waals surface area contributed by atoms with E-state index in [0.717, 1.165) is 67.4 Å². The first kappa shape index (κ1) is 30.1. The zero-order valence-electron chi connectivity index (χ0n) is 28.5. The smallest absolute Gasteiger partial charge is 0.132 e. The normalized spacial score (nSPS) is 14.8. The molecule has 0 radical (unpaired) electrons. The van der Waals surface area contributed by atoms with Crippen LogP contribution in [-0.4, -0.2) is 5.71 Å². The molecule has 7 aromatic carbocycles. The second kappa shape index (κ2) is 11.9. The number of aliphatic imine (C=N–C) groups is 1. The minimum Gasteiger partial charge on any atom is -0.457 e. The van der Waals surface area contributed by atoms with Crippen LogP contribution in [0.2, 0.25) is 0 Å². The number of ether oxygens (including phenoxy) is 1. The molecule has 1 spiro atoms. The minimum atomic E-state index is -0.496. The molecule has 0 aromatic heterocycles. The summed E-state index contributed by atoms with van der Waals surface area (Å²) in [4.78, 5) is 5.36. The highest BCUT2D eigenvalue weighted by Gasteiger charge is 2.50. The molecule has 10 rings (SSSR count). The largest absolute Gasteiger partial charge is 0.457 e. The Morgan fingerprint density at radius 3 is 1.65 bits per heavy atom. The molecule has 0 saturated heterocycles. The van der Waals surface area contributed by atoms with E-state index >= 15 is 0 Å². The van der Waals surface area contributed by atoms with Crippen molar-refractivity contribution >= 4 is 17.0 Å². The molecular weight excluding hydrogens is 631 g/mol. The average Bonchev–Trinajstić information content (AvgIpc) is 3.37. The molecule has 2 heterocycles. The lowest BCUT2D eigenvalue weighted by molar-refractivity contribution is 0.436. The van der Waals surface area contributed by atoms with Crippen molar-refractivity contribution in [2.24, 2.45) is 4.99 Å². The number of nitrogens with zero attached hydrogens (tertiary/aromatic N) is 1. The maximum Gasteiger partial charge on any atom is 0.132 e. The van der Waals surface area contributed by atoms with Gasteiger partial charge in [-0.2, -0.15) is 0 Å². The summed E-state index contributed by atoms with van der Waals surface area (Å²) < 4.78 is 6.86. The van der Waals surface area contributed by atoms with Crippen LogP contribution in [0.4, 0.5) is 0 Å². The Hall–Kier alpha value is -6.77. The molecule has 52 heavy (non-hydrogen) atoms.